The zero-order valence-electron chi connectivity index (χ0n) is 13.3. The maximum atomic E-state index is 6.22. The summed E-state index contributed by atoms with van der Waals surface area (Å²) in [5.74, 6) is 1.50. The minimum Gasteiger partial charge on any atom is -0.329 e. The molecule has 0 heterocycles. The van der Waals surface area contributed by atoms with Gasteiger partial charge < -0.3 is 5.73 Å². The second-order valence-corrected chi connectivity index (χ2v) is 6.75. The third-order valence-electron chi connectivity index (χ3n) is 5.40. The summed E-state index contributed by atoms with van der Waals surface area (Å²) >= 11 is 0. The summed E-state index contributed by atoms with van der Waals surface area (Å²) in [6.07, 6.45) is 5.03. The van der Waals surface area contributed by atoms with Crippen LogP contribution < -0.4 is 5.73 Å². The van der Waals surface area contributed by atoms with Gasteiger partial charge in [-0.15, -0.1) is 0 Å². The Morgan fingerprint density at radius 1 is 1.20 bits per heavy atom. The maximum absolute atomic E-state index is 6.22. The van der Waals surface area contributed by atoms with Crippen LogP contribution in [0.4, 0.5) is 0 Å². The molecule has 1 saturated carbocycles. The number of nitrogens with two attached hydrogens (primary N) is 1. The molecular formula is C18H30N2. The lowest BCUT2D eigenvalue weighted by Crippen LogP contribution is -2.59. The smallest absolute Gasteiger partial charge is 0.0356 e. The van der Waals surface area contributed by atoms with E-state index in [0.717, 1.165) is 25.4 Å². The van der Waals surface area contributed by atoms with Crippen molar-refractivity contribution in [3.8, 4) is 0 Å². The average Bonchev–Trinajstić information content (AvgIpc) is 2.48. The molecule has 0 amide bonds. The van der Waals surface area contributed by atoms with Gasteiger partial charge in [-0.05, 0) is 43.7 Å². The van der Waals surface area contributed by atoms with E-state index in [1.165, 1.54) is 24.8 Å². The second-order valence-electron chi connectivity index (χ2n) is 6.75. The number of benzene rings is 1. The van der Waals surface area contributed by atoms with E-state index in [4.69, 9.17) is 5.73 Å². The van der Waals surface area contributed by atoms with E-state index >= 15 is 0 Å². The van der Waals surface area contributed by atoms with E-state index in [2.05, 4.69) is 56.1 Å². The third-order valence-corrected chi connectivity index (χ3v) is 5.40. The predicted octanol–water partition coefficient (Wildman–Crippen LogP) is 3.31. The van der Waals surface area contributed by atoms with Gasteiger partial charge in [0.25, 0.3) is 0 Å². The summed E-state index contributed by atoms with van der Waals surface area (Å²) in [4.78, 5) is 2.54. The predicted molar refractivity (Wildman–Crippen MR) is 86.7 cm³/mol. The van der Waals surface area contributed by atoms with Crippen molar-refractivity contribution in [2.45, 2.75) is 45.1 Å². The molecule has 3 unspecified atom stereocenters. The number of rotatable bonds is 5. The first kappa shape index (κ1) is 15.5. The summed E-state index contributed by atoms with van der Waals surface area (Å²) in [7, 11) is 2.27. The zero-order chi connectivity index (χ0) is 14.6. The van der Waals surface area contributed by atoms with Crippen molar-refractivity contribution in [1.82, 2.24) is 4.90 Å². The van der Waals surface area contributed by atoms with Gasteiger partial charge in [0.2, 0.25) is 0 Å². The molecule has 1 aliphatic carbocycles. The molecule has 0 spiro atoms. The minimum atomic E-state index is 0.201. The van der Waals surface area contributed by atoms with Gasteiger partial charge in [0.15, 0.2) is 0 Å². The first-order valence-corrected chi connectivity index (χ1v) is 8.03. The van der Waals surface area contributed by atoms with Gasteiger partial charge in [-0.1, -0.05) is 50.6 Å². The molecule has 1 aliphatic rings. The Morgan fingerprint density at radius 2 is 1.90 bits per heavy atom. The first-order chi connectivity index (χ1) is 9.58. The van der Waals surface area contributed by atoms with Crippen molar-refractivity contribution in [2.75, 3.05) is 20.1 Å². The van der Waals surface area contributed by atoms with Crippen LogP contribution in [0.3, 0.4) is 0 Å². The lowest BCUT2D eigenvalue weighted by atomic mass is 9.68. The number of hydrogen-bond acceptors (Lipinski definition) is 2. The topological polar surface area (TPSA) is 29.3 Å². The van der Waals surface area contributed by atoms with Crippen LogP contribution in [0.15, 0.2) is 30.3 Å². The molecule has 1 aromatic rings. The van der Waals surface area contributed by atoms with E-state index in [-0.39, 0.29) is 5.54 Å². The lowest BCUT2D eigenvalue weighted by Gasteiger charge is -2.50. The third kappa shape index (κ3) is 3.24. The highest BCUT2D eigenvalue weighted by atomic mass is 15.2. The standard InChI is InChI=1S/C18H30N2/c1-15-9-10-16(2)18(13-15,14-19)20(3)12-11-17-7-5-4-6-8-17/h4-8,15-16H,9-14,19H2,1-3H3. The highest BCUT2D eigenvalue weighted by molar-refractivity contribution is 5.15. The number of nitrogens with zero attached hydrogens (tertiary/aromatic N) is 1. The molecule has 2 N–H and O–H groups in total. The van der Waals surface area contributed by atoms with Gasteiger partial charge in [-0.2, -0.15) is 0 Å². The van der Waals surface area contributed by atoms with Crippen LogP contribution >= 0.6 is 0 Å². The van der Waals surface area contributed by atoms with E-state index in [0.29, 0.717) is 5.92 Å². The maximum Gasteiger partial charge on any atom is 0.0356 e. The normalized spacial score (nSPS) is 30.6. The Labute approximate surface area is 124 Å². The van der Waals surface area contributed by atoms with E-state index in [9.17, 15) is 0 Å². The van der Waals surface area contributed by atoms with Crippen molar-refractivity contribution >= 4 is 0 Å². The van der Waals surface area contributed by atoms with Crippen LogP contribution in [0, 0.1) is 11.8 Å². The first-order valence-electron chi connectivity index (χ1n) is 8.03. The molecule has 2 nitrogen and oxygen atoms in total. The van der Waals surface area contributed by atoms with Crippen molar-refractivity contribution in [3.05, 3.63) is 35.9 Å². The van der Waals surface area contributed by atoms with Gasteiger partial charge in [-0.25, -0.2) is 0 Å². The summed E-state index contributed by atoms with van der Waals surface area (Å²) in [6, 6.07) is 10.8. The summed E-state index contributed by atoms with van der Waals surface area (Å²) in [5.41, 5.74) is 7.84. The summed E-state index contributed by atoms with van der Waals surface area (Å²) in [6.45, 7) is 6.64. The molecule has 1 aromatic carbocycles. The Balaban J connectivity index is 2.02. The van der Waals surface area contributed by atoms with Crippen LogP contribution in [0.25, 0.3) is 0 Å². The zero-order valence-corrected chi connectivity index (χ0v) is 13.3. The van der Waals surface area contributed by atoms with Crippen molar-refractivity contribution < 1.29 is 0 Å². The van der Waals surface area contributed by atoms with Gasteiger partial charge in [0.1, 0.15) is 0 Å². The van der Waals surface area contributed by atoms with Crippen molar-refractivity contribution in [3.63, 3.8) is 0 Å². The van der Waals surface area contributed by atoms with Gasteiger partial charge >= 0.3 is 0 Å². The molecule has 2 rings (SSSR count). The minimum absolute atomic E-state index is 0.201. The average molecular weight is 274 g/mol. The quantitative estimate of drug-likeness (QED) is 0.892. The fraction of sp³-hybridized carbons (Fsp3) is 0.667. The highest BCUT2D eigenvalue weighted by Gasteiger charge is 2.42. The second kappa shape index (κ2) is 6.73. The van der Waals surface area contributed by atoms with E-state index in [1.54, 1.807) is 0 Å². The molecule has 0 aliphatic heterocycles. The Kier molecular flexibility index (Phi) is 5.22. The van der Waals surface area contributed by atoms with E-state index < -0.39 is 0 Å². The Morgan fingerprint density at radius 3 is 2.55 bits per heavy atom. The molecule has 3 atom stereocenters. The molecule has 0 radical (unpaired) electrons. The highest BCUT2D eigenvalue weighted by Crippen LogP contribution is 2.39. The fourth-order valence-electron chi connectivity index (χ4n) is 3.85. The number of hydrogen-bond donors (Lipinski definition) is 1. The monoisotopic (exact) mass is 274 g/mol. The van der Waals surface area contributed by atoms with Gasteiger partial charge in [0.05, 0.1) is 0 Å². The summed E-state index contributed by atoms with van der Waals surface area (Å²) < 4.78 is 0. The Hall–Kier alpha value is -0.860. The molecule has 20 heavy (non-hydrogen) atoms. The van der Waals surface area contributed by atoms with Crippen LogP contribution in [0.5, 0.6) is 0 Å². The molecule has 0 bridgehead atoms. The van der Waals surface area contributed by atoms with Gasteiger partial charge in [0, 0.05) is 18.6 Å². The molecule has 0 saturated heterocycles. The molecular weight excluding hydrogens is 244 g/mol. The van der Waals surface area contributed by atoms with Crippen LogP contribution in [-0.4, -0.2) is 30.6 Å². The fourth-order valence-corrected chi connectivity index (χ4v) is 3.85. The van der Waals surface area contributed by atoms with Gasteiger partial charge in [-0.3, -0.25) is 4.90 Å². The summed E-state index contributed by atoms with van der Waals surface area (Å²) in [5, 5.41) is 0. The lowest BCUT2D eigenvalue weighted by molar-refractivity contribution is 0.0152. The number of likely N-dealkylation sites (N-methyl/N-ethyl adjacent to an activating group) is 1. The van der Waals surface area contributed by atoms with Crippen LogP contribution in [0.2, 0.25) is 0 Å². The SMILES string of the molecule is CC1CCC(C)C(CN)(N(C)CCc2ccccc2)C1. The van der Waals surface area contributed by atoms with Crippen LogP contribution in [0.1, 0.15) is 38.7 Å². The molecule has 1 fully saturated rings. The van der Waals surface area contributed by atoms with Crippen LogP contribution in [-0.2, 0) is 6.42 Å². The molecule has 112 valence electrons. The Bertz CT molecular complexity index is 403. The van der Waals surface area contributed by atoms with Crippen molar-refractivity contribution in [1.29, 1.82) is 0 Å². The molecule has 2 heteroatoms. The van der Waals surface area contributed by atoms with Crippen molar-refractivity contribution in [2.24, 2.45) is 17.6 Å². The van der Waals surface area contributed by atoms with E-state index in [1.807, 2.05) is 0 Å². The largest absolute Gasteiger partial charge is 0.329 e. The molecule has 0 aromatic heterocycles.